The van der Waals surface area contributed by atoms with Crippen LogP contribution in [0.3, 0.4) is 0 Å². The summed E-state index contributed by atoms with van der Waals surface area (Å²) in [4.78, 5) is 8.65. The molecule has 1 aliphatic rings. The zero-order chi connectivity index (χ0) is 14.8. The van der Waals surface area contributed by atoms with Gasteiger partial charge in [0.25, 0.3) is 0 Å². The molecule has 1 heterocycles. The van der Waals surface area contributed by atoms with Crippen LogP contribution in [-0.4, -0.2) is 27.2 Å². The van der Waals surface area contributed by atoms with E-state index in [0.29, 0.717) is 12.0 Å². The molecule has 112 valence electrons. The maximum atomic E-state index is 10.7. The van der Waals surface area contributed by atoms with Crippen LogP contribution in [-0.2, 0) is 0 Å². The second kappa shape index (κ2) is 5.78. The van der Waals surface area contributed by atoms with Gasteiger partial charge in [0.1, 0.15) is 0 Å². The molecule has 2 rings (SSSR count). The number of nitrogens with one attached hydrogen (secondary N) is 1. The van der Waals surface area contributed by atoms with Crippen molar-refractivity contribution in [3.05, 3.63) is 23.8 Å². The van der Waals surface area contributed by atoms with Crippen molar-refractivity contribution >= 4 is 0 Å². The van der Waals surface area contributed by atoms with Gasteiger partial charge in [0, 0.05) is 25.0 Å². The van der Waals surface area contributed by atoms with Crippen molar-refractivity contribution in [3.8, 4) is 0 Å². The van der Waals surface area contributed by atoms with Gasteiger partial charge >= 0.3 is 0 Å². The van der Waals surface area contributed by atoms with E-state index in [1.807, 2.05) is 6.92 Å². The Kier molecular flexibility index (Phi) is 4.45. The molecule has 0 aromatic carbocycles. The Morgan fingerprint density at radius 3 is 2.40 bits per heavy atom. The lowest BCUT2D eigenvalue weighted by Crippen LogP contribution is -2.45. The van der Waals surface area contributed by atoms with Gasteiger partial charge in [0.2, 0.25) is 0 Å². The van der Waals surface area contributed by atoms with Gasteiger partial charge in [-0.1, -0.05) is 13.8 Å². The number of aryl methyl sites for hydroxylation is 1. The molecular formula is C16H27N3O. The molecule has 1 aliphatic carbocycles. The van der Waals surface area contributed by atoms with Gasteiger partial charge in [-0.2, -0.15) is 0 Å². The van der Waals surface area contributed by atoms with Crippen molar-refractivity contribution in [2.45, 2.75) is 65.0 Å². The molecule has 1 aromatic rings. The summed E-state index contributed by atoms with van der Waals surface area (Å²) in [6.07, 6.45) is 7.35. The minimum Gasteiger partial charge on any atom is -0.389 e. The molecule has 20 heavy (non-hydrogen) atoms. The van der Waals surface area contributed by atoms with Gasteiger partial charge in [-0.05, 0) is 44.9 Å². The summed E-state index contributed by atoms with van der Waals surface area (Å²) in [5, 5.41) is 14.1. The summed E-state index contributed by atoms with van der Waals surface area (Å²) in [6.45, 7) is 9.24. The Labute approximate surface area is 122 Å². The first-order chi connectivity index (χ1) is 9.31. The first kappa shape index (κ1) is 15.4. The number of rotatable bonds is 4. The molecule has 1 unspecified atom stereocenters. The SMILES string of the molecule is Cc1nccnc1C(C)NCC1(O)CCC(C)(C)CC1. The third kappa shape index (κ3) is 3.76. The van der Waals surface area contributed by atoms with Gasteiger partial charge in [-0.25, -0.2) is 0 Å². The zero-order valence-electron chi connectivity index (χ0n) is 13.1. The molecule has 0 amide bonds. The van der Waals surface area contributed by atoms with E-state index in [9.17, 15) is 5.11 Å². The number of hydrogen-bond donors (Lipinski definition) is 2. The molecule has 1 fully saturated rings. The van der Waals surface area contributed by atoms with E-state index in [-0.39, 0.29) is 6.04 Å². The van der Waals surface area contributed by atoms with E-state index in [0.717, 1.165) is 37.1 Å². The summed E-state index contributed by atoms with van der Waals surface area (Å²) < 4.78 is 0. The van der Waals surface area contributed by atoms with Gasteiger partial charge in [0.05, 0.1) is 17.0 Å². The zero-order valence-corrected chi connectivity index (χ0v) is 13.1. The first-order valence-electron chi connectivity index (χ1n) is 7.55. The maximum absolute atomic E-state index is 10.7. The van der Waals surface area contributed by atoms with Crippen LogP contribution in [0.2, 0.25) is 0 Å². The van der Waals surface area contributed by atoms with E-state index in [2.05, 4.69) is 36.1 Å². The average Bonchev–Trinajstić information content (AvgIpc) is 2.41. The van der Waals surface area contributed by atoms with E-state index < -0.39 is 5.60 Å². The van der Waals surface area contributed by atoms with Crippen LogP contribution in [0.4, 0.5) is 0 Å². The number of nitrogens with zero attached hydrogens (tertiary/aromatic N) is 2. The Balaban J connectivity index is 1.91. The summed E-state index contributed by atoms with van der Waals surface area (Å²) in [5.41, 5.74) is 1.72. The molecule has 0 saturated heterocycles. The Morgan fingerprint density at radius 2 is 1.80 bits per heavy atom. The molecule has 1 saturated carbocycles. The fourth-order valence-corrected chi connectivity index (χ4v) is 2.85. The van der Waals surface area contributed by atoms with Crippen molar-refractivity contribution in [2.75, 3.05) is 6.54 Å². The summed E-state index contributed by atoms with van der Waals surface area (Å²) in [6, 6.07) is 0.114. The minimum atomic E-state index is -0.570. The summed E-state index contributed by atoms with van der Waals surface area (Å²) in [5.74, 6) is 0. The van der Waals surface area contributed by atoms with Gasteiger partial charge in [-0.3, -0.25) is 9.97 Å². The number of aliphatic hydroxyl groups is 1. The molecular weight excluding hydrogens is 250 g/mol. The second-order valence-electron chi connectivity index (χ2n) is 7.02. The predicted molar refractivity (Wildman–Crippen MR) is 80.4 cm³/mol. The molecule has 0 spiro atoms. The second-order valence-corrected chi connectivity index (χ2v) is 7.02. The molecule has 0 radical (unpaired) electrons. The standard InChI is InChI=1S/C16H27N3O/c1-12-14(18-10-9-17-12)13(2)19-11-16(20)7-5-15(3,4)6-8-16/h9-10,13,19-20H,5-8,11H2,1-4H3. The lowest BCUT2D eigenvalue weighted by atomic mass is 9.71. The van der Waals surface area contributed by atoms with Crippen LogP contribution in [0.15, 0.2) is 12.4 Å². The normalized spacial score (nSPS) is 22.4. The molecule has 0 bridgehead atoms. The third-order valence-electron chi connectivity index (χ3n) is 4.60. The lowest BCUT2D eigenvalue weighted by molar-refractivity contribution is -0.0259. The van der Waals surface area contributed by atoms with Gasteiger partial charge < -0.3 is 10.4 Å². The van der Waals surface area contributed by atoms with Gasteiger partial charge in [-0.15, -0.1) is 0 Å². The predicted octanol–water partition coefficient (Wildman–Crippen LogP) is 2.77. The third-order valence-corrected chi connectivity index (χ3v) is 4.60. The van der Waals surface area contributed by atoms with Crippen LogP contribution in [0.5, 0.6) is 0 Å². The van der Waals surface area contributed by atoms with Crippen LogP contribution in [0, 0.1) is 12.3 Å². The van der Waals surface area contributed by atoms with E-state index in [1.54, 1.807) is 12.4 Å². The van der Waals surface area contributed by atoms with E-state index in [4.69, 9.17) is 0 Å². The molecule has 2 N–H and O–H groups in total. The largest absolute Gasteiger partial charge is 0.389 e. The fraction of sp³-hybridized carbons (Fsp3) is 0.750. The van der Waals surface area contributed by atoms with Crippen LogP contribution in [0.25, 0.3) is 0 Å². The Morgan fingerprint density at radius 1 is 1.20 bits per heavy atom. The number of aromatic nitrogens is 2. The van der Waals surface area contributed by atoms with Crippen LogP contribution in [0.1, 0.15) is 63.9 Å². The van der Waals surface area contributed by atoms with E-state index >= 15 is 0 Å². The Bertz CT molecular complexity index is 449. The monoisotopic (exact) mass is 277 g/mol. The van der Waals surface area contributed by atoms with Crippen molar-refractivity contribution < 1.29 is 5.11 Å². The molecule has 0 aliphatic heterocycles. The van der Waals surface area contributed by atoms with Gasteiger partial charge in [0.15, 0.2) is 0 Å². The molecule has 1 atom stereocenters. The highest BCUT2D eigenvalue weighted by molar-refractivity contribution is 5.12. The highest BCUT2D eigenvalue weighted by atomic mass is 16.3. The van der Waals surface area contributed by atoms with E-state index in [1.165, 1.54) is 0 Å². The minimum absolute atomic E-state index is 0.114. The summed E-state index contributed by atoms with van der Waals surface area (Å²) >= 11 is 0. The average molecular weight is 277 g/mol. The topological polar surface area (TPSA) is 58.0 Å². The van der Waals surface area contributed by atoms with Crippen molar-refractivity contribution in [3.63, 3.8) is 0 Å². The van der Waals surface area contributed by atoms with Crippen LogP contribution >= 0.6 is 0 Å². The summed E-state index contributed by atoms with van der Waals surface area (Å²) in [7, 11) is 0. The quantitative estimate of drug-likeness (QED) is 0.888. The highest BCUT2D eigenvalue weighted by Gasteiger charge is 2.36. The molecule has 1 aromatic heterocycles. The maximum Gasteiger partial charge on any atom is 0.0782 e. The van der Waals surface area contributed by atoms with Crippen molar-refractivity contribution in [1.29, 1.82) is 0 Å². The Hall–Kier alpha value is -1.00. The fourth-order valence-electron chi connectivity index (χ4n) is 2.85. The highest BCUT2D eigenvalue weighted by Crippen LogP contribution is 2.40. The number of hydrogen-bond acceptors (Lipinski definition) is 4. The van der Waals surface area contributed by atoms with Crippen molar-refractivity contribution in [2.24, 2.45) is 5.41 Å². The molecule has 4 heteroatoms. The van der Waals surface area contributed by atoms with Crippen molar-refractivity contribution in [1.82, 2.24) is 15.3 Å². The van der Waals surface area contributed by atoms with Crippen LogP contribution < -0.4 is 5.32 Å². The first-order valence-corrected chi connectivity index (χ1v) is 7.55. The smallest absolute Gasteiger partial charge is 0.0782 e. The molecule has 4 nitrogen and oxygen atoms in total. The lowest BCUT2D eigenvalue weighted by Gasteiger charge is -2.40.